The molecule has 0 aromatic heterocycles. The van der Waals surface area contributed by atoms with Gasteiger partial charge in [0.05, 0.1) is 0 Å². The predicted molar refractivity (Wildman–Crippen MR) is 145 cm³/mol. The van der Waals surface area contributed by atoms with Crippen LogP contribution in [0.2, 0.25) is 0 Å². The van der Waals surface area contributed by atoms with Crippen molar-refractivity contribution in [1.82, 2.24) is 0 Å². The van der Waals surface area contributed by atoms with E-state index in [4.69, 9.17) is 0 Å². The Bertz CT molecular complexity index is 307. The molecule has 2 unspecified atom stereocenters. The lowest BCUT2D eigenvalue weighted by Gasteiger charge is -2.14. The van der Waals surface area contributed by atoms with Crippen molar-refractivity contribution in [3.63, 3.8) is 0 Å². The van der Waals surface area contributed by atoms with E-state index in [0.29, 0.717) is 0 Å². The van der Waals surface area contributed by atoms with E-state index in [0.717, 1.165) is 11.8 Å². The van der Waals surface area contributed by atoms with E-state index in [1.807, 2.05) is 0 Å². The van der Waals surface area contributed by atoms with Crippen molar-refractivity contribution in [3.05, 3.63) is 0 Å². The van der Waals surface area contributed by atoms with Crippen LogP contribution in [0.4, 0.5) is 0 Å². The molecular formula is C31H64. The minimum absolute atomic E-state index is 0.957. The van der Waals surface area contributed by atoms with Crippen LogP contribution in [0.3, 0.4) is 0 Å². The highest BCUT2D eigenvalue weighted by Gasteiger charge is 2.06. The average molecular weight is 437 g/mol. The summed E-state index contributed by atoms with van der Waals surface area (Å²) in [6, 6.07) is 0. The molecule has 0 nitrogen and oxygen atoms in total. The number of unbranched alkanes of at least 4 members (excludes halogenated alkanes) is 18. The molecule has 0 bridgehead atoms. The van der Waals surface area contributed by atoms with Crippen LogP contribution < -0.4 is 0 Å². The van der Waals surface area contributed by atoms with E-state index in [9.17, 15) is 0 Å². The second-order valence-corrected chi connectivity index (χ2v) is 11.1. The van der Waals surface area contributed by atoms with Crippen LogP contribution in [0.15, 0.2) is 0 Å². The summed E-state index contributed by atoms with van der Waals surface area (Å²) in [6.45, 7) is 9.59. The van der Waals surface area contributed by atoms with Gasteiger partial charge in [-0.15, -0.1) is 0 Å². The highest BCUT2D eigenvalue weighted by Crippen LogP contribution is 2.21. The first-order valence-electron chi connectivity index (χ1n) is 15.2. The zero-order valence-electron chi connectivity index (χ0n) is 22.8. The summed E-state index contributed by atoms with van der Waals surface area (Å²) in [6.07, 6.45) is 36.7. The normalized spacial score (nSPS) is 13.5. The third kappa shape index (κ3) is 26.1. The molecule has 0 fully saturated rings. The largest absolute Gasteiger partial charge is 0.0654 e. The summed E-state index contributed by atoms with van der Waals surface area (Å²) in [5, 5.41) is 0. The van der Waals surface area contributed by atoms with Gasteiger partial charge in [-0.2, -0.15) is 0 Å². The highest BCUT2D eigenvalue weighted by molar-refractivity contribution is 4.59. The monoisotopic (exact) mass is 437 g/mol. The Hall–Kier alpha value is 0. The molecule has 0 aliphatic carbocycles. The lowest BCUT2D eigenvalue weighted by molar-refractivity contribution is 0.391. The maximum absolute atomic E-state index is 2.50. The van der Waals surface area contributed by atoms with Gasteiger partial charge in [0.2, 0.25) is 0 Å². The fourth-order valence-corrected chi connectivity index (χ4v) is 5.06. The number of hydrogen-bond acceptors (Lipinski definition) is 0. The van der Waals surface area contributed by atoms with Crippen LogP contribution in [0.5, 0.6) is 0 Å². The summed E-state index contributed by atoms with van der Waals surface area (Å²) in [7, 11) is 0. The Morgan fingerprint density at radius 2 is 0.516 bits per heavy atom. The van der Waals surface area contributed by atoms with Crippen LogP contribution in [0, 0.1) is 11.8 Å². The highest BCUT2D eigenvalue weighted by atomic mass is 14.1. The van der Waals surface area contributed by atoms with Crippen molar-refractivity contribution in [2.75, 3.05) is 0 Å². The summed E-state index contributed by atoms with van der Waals surface area (Å²) in [4.78, 5) is 0. The van der Waals surface area contributed by atoms with E-state index in [1.54, 1.807) is 0 Å². The van der Waals surface area contributed by atoms with Gasteiger partial charge in [-0.3, -0.25) is 0 Å². The Morgan fingerprint density at radius 1 is 0.290 bits per heavy atom. The van der Waals surface area contributed by atoms with E-state index >= 15 is 0 Å². The molecule has 0 aromatic carbocycles. The fourth-order valence-electron chi connectivity index (χ4n) is 5.06. The Kier molecular flexibility index (Phi) is 26.3. The second-order valence-electron chi connectivity index (χ2n) is 11.1. The first-order valence-corrected chi connectivity index (χ1v) is 15.2. The van der Waals surface area contributed by atoms with Crippen LogP contribution in [-0.2, 0) is 0 Å². The van der Waals surface area contributed by atoms with Crippen molar-refractivity contribution in [2.45, 2.75) is 188 Å². The molecule has 0 N–H and O–H groups in total. The molecule has 188 valence electrons. The summed E-state index contributed by atoms with van der Waals surface area (Å²) < 4.78 is 0. The summed E-state index contributed by atoms with van der Waals surface area (Å²) in [5.74, 6) is 1.92. The van der Waals surface area contributed by atoms with Gasteiger partial charge in [-0.25, -0.2) is 0 Å². The lowest BCUT2D eigenvalue weighted by Crippen LogP contribution is -1.99. The maximum Gasteiger partial charge on any atom is -0.0443 e. The van der Waals surface area contributed by atoms with Crippen molar-refractivity contribution < 1.29 is 0 Å². The topological polar surface area (TPSA) is 0 Å². The third-order valence-corrected chi connectivity index (χ3v) is 7.49. The smallest absolute Gasteiger partial charge is 0.0443 e. The van der Waals surface area contributed by atoms with Crippen molar-refractivity contribution in [2.24, 2.45) is 11.8 Å². The zero-order valence-corrected chi connectivity index (χ0v) is 22.8. The average Bonchev–Trinajstić information content (AvgIpc) is 2.76. The van der Waals surface area contributed by atoms with Crippen molar-refractivity contribution >= 4 is 0 Å². The molecule has 0 spiro atoms. The molecule has 31 heavy (non-hydrogen) atoms. The third-order valence-electron chi connectivity index (χ3n) is 7.49. The molecule has 0 heteroatoms. The van der Waals surface area contributed by atoms with Crippen LogP contribution >= 0.6 is 0 Å². The number of rotatable bonds is 26. The van der Waals surface area contributed by atoms with Gasteiger partial charge in [0.25, 0.3) is 0 Å². The van der Waals surface area contributed by atoms with Crippen LogP contribution in [0.25, 0.3) is 0 Å². The van der Waals surface area contributed by atoms with Gasteiger partial charge in [0.1, 0.15) is 0 Å². The first kappa shape index (κ1) is 31.0. The summed E-state index contributed by atoms with van der Waals surface area (Å²) in [5.41, 5.74) is 0. The molecule has 2 atom stereocenters. The molecule has 0 aromatic rings. The van der Waals surface area contributed by atoms with Gasteiger partial charge >= 0.3 is 0 Å². The van der Waals surface area contributed by atoms with Gasteiger partial charge in [0, 0.05) is 0 Å². The molecule has 0 saturated carbocycles. The molecule has 0 aliphatic rings. The fraction of sp³-hybridized carbons (Fsp3) is 1.00. The minimum Gasteiger partial charge on any atom is -0.0654 e. The van der Waals surface area contributed by atoms with Crippen LogP contribution in [0.1, 0.15) is 188 Å². The zero-order chi connectivity index (χ0) is 22.8. The molecule has 0 amide bonds. The van der Waals surface area contributed by atoms with Crippen LogP contribution in [-0.4, -0.2) is 0 Å². The predicted octanol–water partition coefficient (Wildman–Crippen LogP) is 12.1. The van der Waals surface area contributed by atoms with E-state index in [2.05, 4.69) is 27.7 Å². The SMILES string of the molecule is CCCCCCCCCCCCCCCCCCC(C)CCCC(C)CCCCCC. The Balaban J connectivity index is 3.21. The lowest BCUT2D eigenvalue weighted by atomic mass is 9.92. The Labute approximate surface area is 200 Å². The first-order chi connectivity index (χ1) is 15.2. The van der Waals surface area contributed by atoms with E-state index < -0.39 is 0 Å². The van der Waals surface area contributed by atoms with Gasteiger partial charge < -0.3 is 0 Å². The van der Waals surface area contributed by atoms with E-state index in [1.165, 1.54) is 161 Å². The quantitative estimate of drug-likeness (QED) is 0.118. The summed E-state index contributed by atoms with van der Waals surface area (Å²) >= 11 is 0. The van der Waals surface area contributed by atoms with E-state index in [-0.39, 0.29) is 0 Å². The number of hydrogen-bond donors (Lipinski definition) is 0. The molecule has 0 aliphatic heterocycles. The van der Waals surface area contributed by atoms with Crippen molar-refractivity contribution in [1.29, 1.82) is 0 Å². The van der Waals surface area contributed by atoms with Gasteiger partial charge in [0.15, 0.2) is 0 Å². The van der Waals surface area contributed by atoms with Crippen molar-refractivity contribution in [3.8, 4) is 0 Å². The molecular weight excluding hydrogens is 372 g/mol. The standard InChI is InChI=1S/C31H64/c1-5-7-9-11-12-13-14-15-16-17-18-19-20-21-22-24-27-31(4)29-25-28-30(3)26-23-10-8-6-2/h30-31H,5-29H2,1-4H3. The Morgan fingerprint density at radius 3 is 0.839 bits per heavy atom. The molecule has 0 radical (unpaired) electrons. The molecule has 0 heterocycles. The van der Waals surface area contributed by atoms with Gasteiger partial charge in [-0.05, 0) is 11.8 Å². The second kappa shape index (κ2) is 26.3. The molecule has 0 saturated heterocycles. The minimum atomic E-state index is 0.957. The molecule has 0 rings (SSSR count). The van der Waals surface area contributed by atoms with Gasteiger partial charge in [-0.1, -0.05) is 188 Å². The maximum atomic E-state index is 2.50.